The number of aryl methyl sites for hydroxylation is 1. The van der Waals surface area contributed by atoms with E-state index < -0.39 is 5.76 Å². The third-order valence-corrected chi connectivity index (χ3v) is 4.46. The van der Waals surface area contributed by atoms with Crippen molar-refractivity contribution < 1.29 is 13.6 Å². The van der Waals surface area contributed by atoms with Crippen molar-refractivity contribution in [2.24, 2.45) is 0 Å². The van der Waals surface area contributed by atoms with Crippen LogP contribution in [-0.4, -0.2) is 21.2 Å². The topological polar surface area (TPSA) is 46.9 Å². The van der Waals surface area contributed by atoms with Crippen LogP contribution < -0.4 is 5.32 Å². The zero-order valence-corrected chi connectivity index (χ0v) is 14.4. The van der Waals surface area contributed by atoms with E-state index in [0.717, 1.165) is 6.42 Å². The Morgan fingerprint density at radius 1 is 1.20 bits per heavy atom. The molecule has 3 rings (SSSR count). The van der Waals surface area contributed by atoms with Crippen LogP contribution in [0.15, 0.2) is 53.7 Å². The summed E-state index contributed by atoms with van der Waals surface area (Å²) in [5.74, 6) is -2.89. The fraction of sp³-hybridized carbons (Fsp3) is 0.222. The molecule has 2 aromatic carbocycles. The largest absolute Gasteiger partial charge is 0.325 e. The monoisotopic (exact) mass is 361 g/mol. The number of fused-ring (bicyclic) bond motifs is 1. The maximum Gasteiger partial charge on any atom is 0.291 e. The van der Waals surface area contributed by atoms with Gasteiger partial charge in [0.05, 0.1) is 11.0 Å². The lowest BCUT2D eigenvalue weighted by Crippen LogP contribution is -2.19. The summed E-state index contributed by atoms with van der Waals surface area (Å²) in [6.45, 7) is 1.98. The Morgan fingerprint density at radius 3 is 2.60 bits per heavy atom. The molecule has 0 bridgehead atoms. The van der Waals surface area contributed by atoms with Crippen LogP contribution >= 0.6 is 11.8 Å². The number of nitrogens with zero attached hydrogens (tertiary/aromatic N) is 2. The molecule has 1 amide bonds. The highest BCUT2D eigenvalue weighted by Crippen LogP contribution is 2.28. The summed E-state index contributed by atoms with van der Waals surface area (Å²) in [6.07, 6.45) is 0.920. The molecule has 4 nitrogen and oxygen atoms in total. The van der Waals surface area contributed by atoms with Crippen LogP contribution in [0.4, 0.5) is 14.5 Å². The fourth-order valence-corrected chi connectivity index (χ4v) is 3.14. The van der Waals surface area contributed by atoms with E-state index in [1.54, 1.807) is 24.3 Å². The maximum absolute atomic E-state index is 12.8. The molecule has 0 aliphatic rings. The standard InChI is InChI=1S/C18H17F2N3OS/c1-2-12-7-9-13(10-8-12)21-16(24)11-23-15-6-4-3-5-14(15)22-18(23)25-17(19)20/h3-10,17H,2,11H2,1H3,(H,21,24). The molecule has 1 heterocycles. The van der Waals surface area contributed by atoms with Gasteiger partial charge in [-0.2, -0.15) is 8.78 Å². The first-order valence-electron chi connectivity index (χ1n) is 7.85. The summed E-state index contributed by atoms with van der Waals surface area (Å²) in [7, 11) is 0. The molecule has 0 spiro atoms. The number of imidazole rings is 1. The summed E-state index contributed by atoms with van der Waals surface area (Å²) in [6, 6.07) is 14.6. The van der Waals surface area contributed by atoms with Gasteiger partial charge in [0.1, 0.15) is 6.54 Å². The van der Waals surface area contributed by atoms with Crippen molar-refractivity contribution in [3.63, 3.8) is 0 Å². The van der Waals surface area contributed by atoms with Gasteiger partial charge in [0.2, 0.25) is 5.91 Å². The van der Waals surface area contributed by atoms with Crippen LogP contribution in [0.3, 0.4) is 0 Å². The summed E-state index contributed by atoms with van der Waals surface area (Å²) in [5, 5.41) is 2.92. The number of aromatic nitrogens is 2. The molecule has 3 aromatic rings. The van der Waals surface area contributed by atoms with E-state index in [1.165, 1.54) is 10.1 Å². The van der Waals surface area contributed by atoms with Crippen molar-refractivity contribution in [2.45, 2.75) is 30.8 Å². The number of anilines is 1. The van der Waals surface area contributed by atoms with Gasteiger partial charge >= 0.3 is 0 Å². The smallest absolute Gasteiger partial charge is 0.291 e. The van der Waals surface area contributed by atoms with Gasteiger partial charge < -0.3 is 9.88 Å². The Balaban J connectivity index is 1.81. The number of carbonyl (C=O) groups excluding carboxylic acids is 1. The normalized spacial score (nSPS) is 11.2. The molecular weight excluding hydrogens is 344 g/mol. The molecule has 0 fully saturated rings. The number of para-hydroxylation sites is 2. The van der Waals surface area contributed by atoms with Gasteiger partial charge in [-0.05, 0) is 48.0 Å². The Morgan fingerprint density at radius 2 is 1.92 bits per heavy atom. The Labute approximate surface area is 148 Å². The average Bonchev–Trinajstić information content (AvgIpc) is 2.92. The van der Waals surface area contributed by atoms with Crippen molar-refractivity contribution in [1.82, 2.24) is 9.55 Å². The predicted octanol–water partition coefficient (Wildman–Crippen LogP) is 4.55. The van der Waals surface area contributed by atoms with Crippen molar-refractivity contribution in [3.05, 3.63) is 54.1 Å². The number of thioether (sulfide) groups is 1. The van der Waals surface area contributed by atoms with E-state index in [-0.39, 0.29) is 17.6 Å². The minimum Gasteiger partial charge on any atom is -0.325 e. The Hall–Kier alpha value is -2.41. The lowest BCUT2D eigenvalue weighted by atomic mass is 10.1. The van der Waals surface area contributed by atoms with Gasteiger partial charge in [0, 0.05) is 5.69 Å². The maximum atomic E-state index is 12.8. The second kappa shape index (κ2) is 7.65. The van der Waals surface area contributed by atoms with E-state index in [9.17, 15) is 13.6 Å². The SMILES string of the molecule is CCc1ccc(NC(=O)Cn2c(SC(F)F)nc3ccccc32)cc1. The number of halogens is 2. The van der Waals surface area contributed by atoms with Crippen LogP contribution in [0.1, 0.15) is 12.5 Å². The number of benzene rings is 2. The number of nitrogens with one attached hydrogen (secondary N) is 1. The number of hydrogen-bond acceptors (Lipinski definition) is 3. The first-order chi connectivity index (χ1) is 12.1. The van der Waals surface area contributed by atoms with E-state index in [4.69, 9.17) is 0 Å². The van der Waals surface area contributed by atoms with Crippen molar-refractivity contribution in [3.8, 4) is 0 Å². The third kappa shape index (κ3) is 4.17. The van der Waals surface area contributed by atoms with Gasteiger partial charge in [-0.1, -0.05) is 31.2 Å². The highest BCUT2D eigenvalue weighted by atomic mass is 32.2. The third-order valence-electron chi connectivity index (χ3n) is 3.76. The highest BCUT2D eigenvalue weighted by Gasteiger charge is 2.17. The molecule has 0 atom stereocenters. The summed E-state index contributed by atoms with van der Waals surface area (Å²) in [4.78, 5) is 16.6. The molecular formula is C18H17F2N3OS. The molecule has 0 unspecified atom stereocenters. The van der Waals surface area contributed by atoms with Gasteiger partial charge in [-0.15, -0.1) is 0 Å². The highest BCUT2D eigenvalue weighted by molar-refractivity contribution is 7.99. The summed E-state index contributed by atoms with van der Waals surface area (Å²) < 4.78 is 27.1. The van der Waals surface area contributed by atoms with Crippen LogP contribution in [0.5, 0.6) is 0 Å². The fourth-order valence-electron chi connectivity index (χ4n) is 2.54. The van der Waals surface area contributed by atoms with Crippen LogP contribution in [0, 0.1) is 0 Å². The van der Waals surface area contributed by atoms with Crippen molar-refractivity contribution >= 4 is 34.4 Å². The second-order valence-corrected chi connectivity index (χ2v) is 6.40. The first kappa shape index (κ1) is 17.4. The Bertz CT molecular complexity index is 878. The van der Waals surface area contributed by atoms with Crippen LogP contribution in [-0.2, 0) is 17.8 Å². The summed E-state index contributed by atoms with van der Waals surface area (Å²) in [5.41, 5.74) is 3.09. The zero-order valence-electron chi connectivity index (χ0n) is 13.6. The molecule has 0 radical (unpaired) electrons. The number of hydrogen-bond donors (Lipinski definition) is 1. The van der Waals surface area contributed by atoms with E-state index in [2.05, 4.69) is 17.2 Å². The number of amides is 1. The van der Waals surface area contributed by atoms with Gasteiger partial charge in [-0.3, -0.25) is 4.79 Å². The van der Waals surface area contributed by atoms with Crippen molar-refractivity contribution in [1.29, 1.82) is 0 Å². The molecule has 0 saturated carbocycles. The van der Waals surface area contributed by atoms with E-state index in [1.807, 2.05) is 24.3 Å². The number of rotatable bonds is 6. The zero-order chi connectivity index (χ0) is 17.8. The molecule has 0 aliphatic carbocycles. The van der Waals surface area contributed by atoms with Gasteiger partial charge in [0.15, 0.2) is 5.16 Å². The predicted molar refractivity (Wildman–Crippen MR) is 96.0 cm³/mol. The van der Waals surface area contributed by atoms with Crippen LogP contribution in [0.25, 0.3) is 11.0 Å². The molecule has 25 heavy (non-hydrogen) atoms. The van der Waals surface area contributed by atoms with Gasteiger partial charge in [-0.25, -0.2) is 4.98 Å². The lowest BCUT2D eigenvalue weighted by molar-refractivity contribution is -0.116. The molecule has 1 aromatic heterocycles. The average molecular weight is 361 g/mol. The molecule has 7 heteroatoms. The van der Waals surface area contributed by atoms with E-state index >= 15 is 0 Å². The Kier molecular flexibility index (Phi) is 5.33. The molecule has 0 saturated heterocycles. The molecule has 130 valence electrons. The van der Waals surface area contributed by atoms with E-state index in [0.29, 0.717) is 28.5 Å². The quantitative estimate of drug-likeness (QED) is 0.655. The van der Waals surface area contributed by atoms with Gasteiger partial charge in [0.25, 0.3) is 5.76 Å². The minimum atomic E-state index is -2.60. The molecule has 0 aliphatic heterocycles. The lowest BCUT2D eigenvalue weighted by Gasteiger charge is -2.10. The second-order valence-electron chi connectivity index (χ2n) is 5.45. The summed E-state index contributed by atoms with van der Waals surface area (Å²) >= 11 is 0.343. The minimum absolute atomic E-state index is 0.0783. The first-order valence-corrected chi connectivity index (χ1v) is 8.73. The number of carbonyl (C=O) groups is 1. The van der Waals surface area contributed by atoms with Crippen molar-refractivity contribution in [2.75, 3.05) is 5.32 Å². The molecule has 1 N–H and O–H groups in total. The number of alkyl halides is 2. The van der Waals surface area contributed by atoms with Crippen LogP contribution in [0.2, 0.25) is 0 Å².